The fraction of sp³-hybridized carbons (Fsp3) is 0.120. The third kappa shape index (κ3) is 2.48. The minimum Gasteiger partial charge on any atom is -0.438 e. The lowest BCUT2D eigenvalue weighted by Gasteiger charge is -2.21. The van der Waals surface area contributed by atoms with Crippen LogP contribution in [0.3, 0.4) is 0 Å². The zero-order valence-corrected chi connectivity index (χ0v) is 16.8. The van der Waals surface area contributed by atoms with Gasteiger partial charge in [0, 0.05) is 31.8 Å². The minimum absolute atomic E-state index is 0.642. The average Bonchev–Trinajstić information content (AvgIpc) is 3.17. The van der Waals surface area contributed by atoms with Crippen LogP contribution in [0.2, 0.25) is 0 Å². The first-order chi connectivity index (χ1) is 14.7. The number of benzene rings is 3. The standard InChI is InChI=1S/C25H20N4O/c1-28(2)18-13-11-16(12-14-18)23-27-25-19(15-17-7-3-6-10-22(17)30-25)24-26-20-8-4-5-9-21(20)29(23)24/h3-14H,15H2,1-2H3. The topological polar surface area (TPSA) is 42.7 Å². The molecule has 0 atom stereocenters. The molecule has 0 saturated heterocycles. The molecule has 0 radical (unpaired) electrons. The molecule has 0 saturated carbocycles. The van der Waals surface area contributed by atoms with Crippen molar-refractivity contribution in [2.45, 2.75) is 6.42 Å². The number of nitrogens with zero attached hydrogens (tertiary/aromatic N) is 4. The van der Waals surface area contributed by atoms with Crippen LogP contribution in [0.15, 0.2) is 72.8 Å². The maximum atomic E-state index is 6.23. The van der Waals surface area contributed by atoms with E-state index < -0.39 is 0 Å². The van der Waals surface area contributed by atoms with Gasteiger partial charge in [-0.25, -0.2) is 4.98 Å². The van der Waals surface area contributed by atoms with E-state index >= 15 is 0 Å². The first-order valence-electron chi connectivity index (χ1n) is 10.0. The van der Waals surface area contributed by atoms with Crippen molar-refractivity contribution < 1.29 is 4.74 Å². The van der Waals surface area contributed by atoms with Gasteiger partial charge in [0.05, 0.1) is 16.6 Å². The Morgan fingerprint density at radius 2 is 1.63 bits per heavy atom. The lowest BCUT2D eigenvalue weighted by Crippen LogP contribution is -2.10. The third-order valence-corrected chi connectivity index (χ3v) is 5.70. The molecule has 5 heteroatoms. The first-order valence-corrected chi connectivity index (χ1v) is 10.0. The summed E-state index contributed by atoms with van der Waals surface area (Å²) in [6.45, 7) is 0. The van der Waals surface area contributed by atoms with Crippen LogP contribution in [0, 0.1) is 0 Å². The molecule has 146 valence electrons. The van der Waals surface area contributed by atoms with Gasteiger partial charge in [0.25, 0.3) is 0 Å². The Bertz CT molecular complexity index is 1420. The van der Waals surface area contributed by atoms with Crippen LogP contribution in [0.25, 0.3) is 28.1 Å². The summed E-state index contributed by atoms with van der Waals surface area (Å²) < 4.78 is 8.40. The Labute approximate surface area is 174 Å². The van der Waals surface area contributed by atoms with Crippen molar-refractivity contribution in [3.63, 3.8) is 0 Å². The van der Waals surface area contributed by atoms with Crippen molar-refractivity contribution in [3.05, 3.63) is 83.9 Å². The maximum Gasteiger partial charge on any atom is 0.228 e. The summed E-state index contributed by atoms with van der Waals surface area (Å²) >= 11 is 0. The Balaban J connectivity index is 1.65. The Kier molecular flexibility index (Phi) is 3.59. The quantitative estimate of drug-likeness (QED) is 0.400. The Morgan fingerprint density at radius 3 is 2.47 bits per heavy atom. The number of para-hydroxylation sites is 3. The van der Waals surface area contributed by atoms with Gasteiger partial charge in [0.1, 0.15) is 17.2 Å². The number of fused-ring (bicyclic) bond motifs is 6. The summed E-state index contributed by atoms with van der Waals surface area (Å²) in [5, 5.41) is 0. The second kappa shape index (κ2) is 6.32. The molecule has 0 unspecified atom stereocenters. The highest BCUT2D eigenvalue weighted by Gasteiger charge is 2.25. The zero-order chi connectivity index (χ0) is 20.2. The van der Waals surface area contributed by atoms with Gasteiger partial charge in [-0.15, -0.1) is 0 Å². The van der Waals surface area contributed by atoms with E-state index in [9.17, 15) is 0 Å². The summed E-state index contributed by atoms with van der Waals surface area (Å²) in [5.41, 5.74) is 7.27. The summed E-state index contributed by atoms with van der Waals surface area (Å²) in [4.78, 5) is 12.1. The molecule has 5 nitrogen and oxygen atoms in total. The molecule has 0 aliphatic carbocycles. The lowest BCUT2D eigenvalue weighted by atomic mass is 10.0. The van der Waals surface area contributed by atoms with E-state index in [2.05, 4.69) is 45.7 Å². The van der Waals surface area contributed by atoms with Crippen molar-refractivity contribution in [2.75, 3.05) is 19.0 Å². The number of anilines is 1. The second-order valence-corrected chi connectivity index (χ2v) is 7.81. The van der Waals surface area contributed by atoms with Crippen LogP contribution in [0.5, 0.6) is 11.6 Å². The lowest BCUT2D eigenvalue weighted by molar-refractivity contribution is 0.440. The molecule has 0 bridgehead atoms. The highest BCUT2D eigenvalue weighted by molar-refractivity contribution is 5.85. The predicted molar refractivity (Wildman–Crippen MR) is 120 cm³/mol. The fourth-order valence-electron chi connectivity index (χ4n) is 4.14. The molecule has 6 rings (SSSR count). The van der Waals surface area contributed by atoms with E-state index in [1.54, 1.807) is 0 Å². The van der Waals surface area contributed by atoms with E-state index in [1.165, 1.54) is 0 Å². The minimum atomic E-state index is 0.642. The number of rotatable bonds is 2. The Hall–Kier alpha value is -3.86. The van der Waals surface area contributed by atoms with Gasteiger partial charge in [0.2, 0.25) is 5.88 Å². The van der Waals surface area contributed by atoms with E-state index in [-0.39, 0.29) is 0 Å². The number of aromatic nitrogens is 3. The molecule has 3 aromatic carbocycles. The van der Waals surface area contributed by atoms with Gasteiger partial charge < -0.3 is 9.64 Å². The molecule has 5 aromatic rings. The first kappa shape index (κ1) is 17.0. The predicted octanol–water partition coefficient (Wildman–Crippen LogP) is 5.31. The molecule has 2 aromatic heterocycles. The van der Waals surface area contributed by atoms with Crippen LogP contribution in [-0.4, -0.2) is 28.5 Å². The van der Waals surface area contributed by atoms with Gasteiger partial charge in [-0.05, 0) is 48.0 Å². The largest absolute Gasteiger partial charge is 0.438 e. The molecule has 0 fully saturated rings. The second-order valence-electron chi connectivity index (χ2n) is 7.81. The SMILES string of the molecule is CN(C)c1ccc(-c2nc3c(c4nc5ccccc5n24)Cc2ccccc2O3)cc1. The molecule has 30 heavy (non-hydrogen) atoms. The van der Waals surface area contributed by atoms with Gasteiger partial charge in [0.15, 0.2) is 0 Å². The van der Waals surface area contributed by atoms with Crippen LogP contribution < -0.4 is 9.64 Å². The summed E-state index contributed by atoms with van der Waals surface area (Å²) in [6.07, 6.45) is 0.755. The smallest absolute Gasteiger partial charge is 0.228 e. The highest BCUT2D eigenvalue weighted by atomic mass is 16.5. The summed E-state index contributed by atoms with van der Waals surface area (Å²) in [6, 6.07) is 24.8. The number of imidazole rings is 1. The van der Waals surface area contributed by atoms with E-state index in [4.69, 9.17) is 14.7 Å². The van der Waals surface area contributed by atoms with Crippen molar-refractivity contribution in [1.82, 2.24) is 14.4 Å². The molecule has 1 aliphatic heterocycles. The third-order valence-electron chi connectivity index (χ3n) is 5.70. The van der Waals surface area contributed by atoms with Crippen LogP contribution in [0.4, 0.5) is 5.69 Å². The molecule has 1 aliphatic rings. The maximum absolute atomic E-state index is 6.23. The number of hydrogen-bond donors (Lipinski definition) is 0. The van der Waals surface area contributed by atoms with Gasteiger partial charge in [-0.1, -0.05) is 30.3 Å². The van der Waals surface area contributed by atoms with Crippen LogP contribution in [0.1, 0.15) is 11.1 Å². The van der Waals surface area contributed by atoms with Crippen molar-refractivity contribution in [2.24, 2.45) is 0 Å². The van der Waals surface area contributed by atoms with E-state index in [0.29, 0.717) is 5.88 Å². The molecular weight excluding hydrogens is 372 g/mol. The summed E-state index contributed by atoms with van der Waals surface area (Å²) in [7, 11) is 4.08. The fourth-order valence-corrected chi connectivity index (χ4v) is 4.14. The monoisotopic (exact) mass is 392 g/mol. The van der Waals surface area contributed by atoms with Crippen molar-refractivity contribution >= 4 is 22.4 Å². The average molecular weight is 392 g/mol. The van der Waals surface area contributed by atoms with Crippen LogP contribution in [-0.2, 0) is 6.42 Å². The highest BCUT2D eigenvalue weighted by Crippen LogP contribution is 2.39. The van der Waals surface area contributed by atoms with Gasteiger partial charge >= 0.3 is 0 Å². The van der Waals surface area contributed by atoms with E-state index in [1.807, 2.05) is 50.5 Å². The number of hydrogen-bond acceptors (Lipinski definition) is 4. The zero-order valence-electron chi connectivity index (χ0n) is 16.8. The van der Waals surface area contributed by atoms with Gasteiger partial charge in [-0.3, -0.25) is 4.40 Å². The van der Waals surface area contributed by atoms with Crippen molar-refractivity contribution in [3.8, 4) is 23.0 Å². The molecule has 0 spiro atoms. The number of ether oxygens (including phenoxy) is 1. The molecule has 0 N–H and O–H groups in total. The summed E-state index contributed by atoms with van der Waals surface area (Å²) in [5.74, 6) is 2.34. The van der Waals surface area contributed by atoms with Crippen LogP contribution >= 0.6 is 0 Å². The molecular formula is C25H20N4O. The molecule has 3 heterocycles. The van der Waals surface area contributed by atoms with E-state index in [0.717, 1.165) is 57.1 Å². The Morgan fingerprint density at radius 1 is 0.867 bits per heavy atom. The van der Waals surface area contributed by atoms with Crippen molar-refractivity contribution in [1.29, 1.82) is 0 Å². The molecule has 0 amide bonds. The van der Waals surface area contributed by atoms with Gasteiger partial charge in [-0.2, -0.15) is 4.98 Å². The normalized spacial score (nSPS) is 12.5.